The maximum absolute atomic E-state index is 14.2. The Balaban J connectivity index is 2.09. The molecule has 7 nitrogen and oxygen atoms in total. The van der Waals surface area contributed by atoms with Gasteiger partial charge in [0.25, 0.3) is 10.0 Å². The molecule has 41 heavy (non-hydrogen) atoms. The fraction of sp³-hybridized carbons (Fsp3) is 0.394. The van der Waals surface area contributed by atoms with Crippen LogP contribution in [0.15, 0.2) is 71.6 Å². The van der Waals surface area contributed by atoms with Gasteiger partial charge in [-0.1, -0.05) is 74.4 Å². The average Bonchev–Trinajstić information content (AvgIpc) is 2.94. The van der Waals surface area contributed by atoms with E-state index in [2.05, 4.69) is 5.32 Å². The van der Waals surface area contributed by atoms with Crippen LogP contribution in [0.2, 0.25) is 0 Å². The van der Waals surface area contributed by atoms with Crippen LogP contribution in [0, 0.1) is 27.7 Å². The van der Waals surface area contributed by atoms with Crippen molar-refractivity contribution in [3.05, 3.63) is 94.5 Å². The van der Waals surface area contributed by atoms with Crippen molar-refractivity contribution in [3.8, 4) is 0 Å². The van der Waals surface area contributed by atoms with Crippen LogP contribution in [0.5, 0.6) is 0 Å². The molecule has 3 aromatic carbocycles. The third-order valence-corrected chi connectivity index (χ3v) is 9.32. The second kappa shape index (κ2) is 14.3. The van der Waals surface area contributed by atoms with Crippen LogP contribution in [-0.4, -0.2) is 44.3 Å². The molecular formula is C33H43N3O4S. The quantitative estimate of drug-likeness (QED) is 0.259. The summed E-state index contributed by atoms with van der Waals surface area (Å²) in [7, 11) is -4.10. The molecule has 1 atom stereocenters. The van der Waals surface area contributed by atoms with Crippen LogP contribution >= 0.6 is 0 Å². The second-order valence-corrected chi connectivity index (χ2v) is 12.4. The van der Waals surface area contributed by atoms with Crippen molar-refractivity contribution in [3.63, 3.8) is 0 Å². The molecule has 0 bridgehead atoms. The van der Waals surface area contributed by atoms with Gasteiger partial charge in [-0.15, -0.1) is 0 Å². The Morgan fingerprint density at radius 1 is 0.854 bits per heavy atom. The Bertz CT molecular complexity index is 1450. The highest BCUT2D eigenvalue weighted by atomic mass is 32.2. The van der Waals surface area contributed by atoms with Crippen molar-refractivity contribution in [2.75, 3.05) is 17.4 Å². The lowest BCUT2D eigenvalue weighted by Gasteiger charge is -2.34. The number of hydrogen-bond donors (Lipinski definition) is 1. The lowest BCUT2D eigenvalue weighted by molar-refractivity contribution is -0.140. The van der Waals surface area contributed by atoms with Gasteiger partial charge in [0.2, 0.25) is 11.8 Å². The number of sulfonamides is 1. The van der Waals surface area contributed by atoms with Gasteiger partial charge in [-0.05, 0) is 81.0 Å². The van der Waals surface area contributed by atoms with Gasteiger partial charge in [-0.2, -0.15) is 0 Å². The van der Waals surface area contributed by atoms with E-state index in [0.29, 0.717) is 18.7 Å². The number of amides is 2. The summed E-state index contributed by atoms with van der Waals surface area (Å²) in [5, 5.41) is 2.97. The van der Waals surface area contributed by atoms with Crippen molar-refractivity contribution in [1.29, 1.82) is 0 Å². The minimum Gasteiger partial charge on any atom is -0.354 e. The molecule has 0 radical (unpaired) electrons. The SMILES string of the molecule is CCCCNC(=O)[C@H](CC)N(Cc1ccccc1C)C(=O)CN(c1cccc(C)c1C)S(=O)(=O)c1ccc(C)cc1. The molecular weight excluding hydrogens is 534 g/mol. The number of nitrogens with one attached hydrogen (secondary N) is 1. The Kier molecular flexibility index (Phi) is 11.1. The van der Waals surface area contributed by atoms with E-state index in [-0.39, 0.29) is 17.3 Å². The maximum atomic E-state index is 14.2. The summed E-state index contributed by atoms with van der Waals surface area (Å²) < 4.78 is 29.4. The van der Waals surface area contributed by atoms with E-state index in [9.17, 15) is 18.0 Å². The molecule has 0 aliphatic rings. The predicted molar refractivity (Wildman–Crippen MR) is 165 cm³/mol. The zero-order valence-electron chi connectivity index (χ0n) is 25.1. The Morgan fingerprint density at radius 2 is 1.51 bits per heavy atom. The highest BCUT2D eigenvalue weighted by molar-refractivity contribution is 7.92. The minimum absolute atomic E-state index is 0.103. The molecule has 0 aliphatic heterocycles. The number of carbonyl (C=O) groups excluding carboxylic acids is 2. The molecule has 0 saturated heterocycles. The molecule has 0 saturated carbocycles. The van der Waals surface area contributed by atoms with Crippen LogP contribution in [0.25, 0.3) is 0 Å². The second-order valence-electron chi connectivity index (χ2n) is 10.6. The number of nitrogens with zero attached hydrogens (tertiary/aromatic N) is 2. The Labute approximate surface area is 245 Å². The molecule has 3 aromatic rings. The van der Waals surface area contributed by atoms with Crippen LogP contribution in [0.4, 0.5) is 5.69 Å². The lowest BCUT2D eigenvalue weighted by atomic mass is 10.1. The highest BCUT2D eigenvalue weighted by Gasteiger charge is 2.34. The highest BCUT2D eigenvalue weighted by Crippen LogP contribution is 2.29. The van der Waals surface area contributed by atoms with Crippen molar-refractivity contribution in [1.82, 2.24) is 10.2 Å². The Morgan fingerprint density at radius 3 is 2.15 bits per heavy atom. The van der Waals surface area contributed by atoms with Crippen LogP contribution in [0.3, 0.4) is 0 Å². The van der Waals surface area contributed by atoms with E-state index < -0.39 is 28.5 Å². The predicted octanol–water partition coefficient (Wildman–Crippen LogP) is 5.84. The van der Waals surface area contributed by atoms with Crippen LogP contribution in [0.1, 0.15) is 60.9 Å². The molecule has 8 heteroatoms. The molecule has 3 rings (SSSR count). The normalized spacial score (nSPS) is 12.0. The number of aryl methyl sites for hydroxylation is 3. The van der Waals surface area contributed by atoms with Gasteiger partial charge >= 0.3 is 0 Å². The largest absolute Gasteiger partial charge is 0.354 e. The van der Waals surface area contributed by atoms with Gasteiger partial charge in [-0.3, -0.25) is 13.9 Å². The van der Waals surface area contributed by atoms with Gasteiger partial charge in [0.05, 0.1) is 10.6 Å². The molecule has 0 spiro atoms. The maximum Gasteiger partial charge on any atom is 0.264 e. The van der Waals surface area contributed by atoms with Crippen molar-refractivity contribution >= 4 is 27.5 Å². The standard InChI is InChI=1S/C33H43N3O4S/c1-7-9-21-34-33(38)30(8-2)35(22-28-15-11-10-13-26(28)5)32(37)23-36(31-16-12-14-25(4)27(31)6)41(39,40)29-19-17-24(3)18-20-29/h10-20,30H,7-9,21-23H2,1-6H3,(H,34,38)/t30-/m0/s1. The van der Waals surface area contributed by atoms with Crippen molar-refractivity contribution in [2.45, 2.75) is 78.3 Å². The topological polar surface area (TPSA) is 86.8 Å². The summed E-state index contributed by atoms with van der Waals surface area (Å²) in [5.74, 6) is -0.676. The lowest BCUT2D eigenvalue weighted by Crippen LogP contribution is -2.52. The van der Waals surface area contributed by atoms with Crippen molar-refractivity contribution in [2.24, 2.45) is 0 Å². The number of anilines is 1. The van der Waals surface area contributed by atoms with Crippen molar-refractivity contribution < 1.29 is 18.0 Å². The molecule has 0 fully saturated rings. The van der Waals surface area contributed by atoms with Gasteiger partial charge in [0.15, 0.2) is 0 Å². The van der Waals surface area contributed by atoms with E-state index in [4.69, 9.17) is 0 Å². The number of carbonyl (C=O) groups is 2. The summed E-state index contributed by atoms with van der Waals surface area (Å²) in [4.78, 5) is 29.2. The van der Waals surface area contributed by atoms with E-state index in [0.717, 1.165) is 40.7 Å². The Hall–Kier alpha value is -3.65. The number of hydrogen-bond acceptors (Lipinski definition) is 4. The van der Waals surface area contributed by atoms with Crippen LogP contribution in [-0.2, 0) is 26.2 Å². The van der Waals surface area contributed by atoms with Gasteiger partial charge < -0.3 is 10.2 Å². The first kappa shape index (κ1) is 31.9. The average molecular weight is 578 g/mol. The van der Waals surface area contributed by atoms with Gasteiger partial charge in [-0.25, -0.2) is 8.42 Å². The number of benzene rings is 3. The van der Waals surface area contributed by atoms with E-state index in [1.807, 2.05) is 71.9 Å². The first-order valence-electron chi connectivity index (χ1n) is 14.3. The fourth-order valence-corrected chi connectivity index (χ4v) is 6.22. The summed E-state index contributed by atoms with van der Waals surface area (Å²) in [6.45, 7) is 11.8. The number of rotatable bonds is 13. The smallest absolute Gasteiger partial charge is 0.264 e. The fourth-order valence-electron chi connectivity index (χ4n) is 4.75. The zero-order valence-corrected chi connectivity index (χ0v) is 25.9. The van der Waals surface area contributed by atoms with Crippen LogP contribution < -0.4 is 9.62 Å². The van der Waals surface area contributed by atoms with E-state index >= 15 is 0 Å². The molecule has 0 unspecified atom stereocenters. The molecule has 0 aliphatic carbocycles. The van der Waals surface area contributed by atoms with E-state index in [1.165, 1.54) is 9.21 Å². The summed E-state index contributed by atoms with van der Waals surface area (Å²) >= 11 is 0. The van der Waals surface area contributed by atoms with E-state index in [1.54, 1.807) is 36.4 Å². The summed E-state index contributed by atoms with van der Waals surface area (Å²) in [5.41, 5.74) is 4.95. The first-order valence-corrected chi connectivity index (χ1v) is 15.7. The molecule has 1 N–H and O–H groups in total. The third kappa shape index (κ3) is 7.76. The first-order chi connectivity index (χ1) is 19.5. The monoisotopic (exact) mass is 577 g/mol. The van der Waals surface area contributed by atoms with Gasteiger partial charge in [0.1, 0.15) is 12.6 Å². The molecule has 0 aromatic heterocycles. The third-order valence-electron chi connectivity index (χ3n) is 7.55. The van der Waals surface area contributed by atoms with Gasteiger partial charge in [0, 0.05) is 13.1 Å². The molecule has 220 valence electrons. The summed E-state index contributed by atoms with van der Waals surface area (Å²) in [6, 6.07) is 19.0. The summed E-state index contributed by atoms with van der Waals surface area (Å²) in [6.07, 6.45) is 2.16. The molecule has 0 heterocycles. The number of unbranched alkanes of at least 4 members (excludes halogenated alkanes) is 1. The minimum atomic E-state index is -4.10. The zero-order chi connectivity index (χ0) is 30.2. The molecule has 2 amide bonds.